The van der Waals surface area contributed by atoms with E-state index < -0.39 is 0 Å². The van der Waals surface area contributed by atoms with Gasteiger partial charge in [0, 0.05) is 18.2 Å². The molecular weight excluding hydrogens is 207 g/mol. The quantitative estimate of drug-likeness (QED) is 0.298. The van der Waals surface area contributed by atoms with Crippen molar-refractivity contribution >= 4 is 34.9 Å². The van der Waals surface area contributed by atoms with Crippen LogP contribution >= 0.6 is 22.9 Å². The van der Waals surface area contributed by atoms with Gasteiger partial charge in [0.1, 0.15) is 0 Å². The Balaban J connectivity index is 3.48. The van der Waals surface area contributed by atoms with Gasteiger partial charge >= 0.3 is 0 Å². The highest BCUT2D eigenvalue weighted by Crippen LogP contribution is 1.75. The summed E-state index contributed by atoms with van der Waals surface area (Å²) in [5.74, 6) is 2.15. The molecule has 0 heterocycles. The molecule has 0 fully saturated rings. The molecule has 4 heteroatoms. The van der Waals surface area contributed by atoms with Crippen molar-refractivity contribution in [2.24, 2.45) is 8.36 Å². The van der Waals surface area contributed by atoms with Crippen LogP contribution in [-0.4, -0.2) is 17.3 Å². The topological polar surface area (TPSA) is 45.0 Å². The smallest absolute Gasteiger partial charge is 0.0831 e. The van der Waals surface area contributed by atoms with Gasteiger partial charge in [0.15, 0.2) is 0 Å². The van der Waals surface area contributed by atoms with Crippen LogP contribution in [0.1, 0.15) is 0 Å². The van der Waals surface area contributed by atoms with E-state index in [0.717, 1.165) is 0 Å². The van der Waals surface area contributed by atoms with E-state index in [2.05, 4.69) is 14.2 Å². The summed E-state index contributed by atoms with van der Waals surface area (Å²) in [5.41, 5.74) is 0. The third kappa shape index (κ3) is 5.65. The van der Waals surface area contributed by atoms with E-state index in [1.165, 1.54) is 12.3 Å². The summed E-state index contributed by atoms with van der Waals surface area (Å²) in [6, 6.07) is 0. The lowest BCUT2D eigenvalue weighted by Crippen LogP contribution is -1.57. The van der Waals surface area contributed by atoms with Crippen LogP contribution in [0.5, 0.6) is 0 Å². The Kier molecular flexibility index (Phi) is 5.37. The van der Waals surface area contributed by atoms with Gasteiger partial charge in [-0.3, -0.25) is 0 Å². The van der Waals surface area contributed by atoms with Crippen LogP contribution < -0.4 is 0 Å². The van der Waals surface area contributed by atoms with Crippen molar-refractivity contribution in [2.75, 3.05) is 0 Å². The number of hydrogen-bond donors (Lipinski definition) is 1. The van der Waals surface area contributed by atoms with Gasteiger partial charge in [-0.1, -0.05) is 0 Å². The third-order valence-corrected chi connectivity index (χ3v) is 0.585. The van der Waals surface area contributed by atoms with Crippen LogP contribution in [0.4, 0.5) is 0 Å². The van der Waals surface area contributed by atoms with Gasteiger partial charge in [0.05, 0.1) is 22.9 Å². The Bertz CT molecular complexity index is 114. The second-order valence-corrected chi connectivity index (χ2v) is 1.20. The molecule has 0 aliphatic rings. The first-order chi connectivity index (χ1) is 3.41. The Labute approximate surface area is 54.9 Å². The largest absolute Gasteiger partial charge is 0.404 e. The summed E-state index contributed by atoms with van der Waals surface area (Å²) in [6.07, 6.45) is 2.85. The number of rotatable bonds is 1. The summed E-state index contributed by atoms with van der Waals surface area (Å²) >= 11 is 1.80. The lowest BCUT2D eigenvalue weighted by Gasteiger charge is -1.58. The molecule has 1 N–H and O–H groups in total. The van der Waals surface area contributed by atoms with Gasteiger partial charge in [0.25, 0.3) is 0 Å². The molecule has 0 bridgehead atoms. The Morgan fingerprint density at radius 3 is 2.86 bits per heavy atom. The zero-order chi connectivity index (χ0) is 5.54. The van der Waals surface area contributed by atoms with Crippen molar-refractivity contribution in [1.82, 2.24) is 0 Å². The van der Waals surface area contributed by atoms with E-state index in [4.69, 9.17) is 5.21 Å². The van der Waals surface area contributed by atoms with E-state index in [1.807, 2.05) is 0 Å². The minimum absolute atomic E-state index is 1.40. The van der Waals surface area contributed by atoms with E-state index in [-0.39, 0.29) is 0 Å². The third-order valence-electron chi connectivity index (χ3n) is 0.263. The average Bonchev–Trinajstić information content (AvgIpc) is 1.69. The van der Waals surface area contributed by atoms with Crippen molar-refractivity contribution in [3.63, 3.8) is 0 Å². The molecule has 0 saturated carbocycles. The Morgan fingerprint density at radius 2 is 2.43 bits per heavy atom. The average molecular weight is 210 g/mol. The van der Waals surface area contributed by atoms with Gasteiger partial charge in [-0.25, -0.2) is 3.21 Å². The molecule has 0 spiro atoms. The Hall–Kier alpha value is -0.350. The van der Waals surface area contributed by atoms with Gasteiger partial charge in [-0.05, 0) is 5.16 Å². The van der Waals surface area contributed by atoms with Crippen LogP contribution in [0.3, 0.4) is 0 Å². The van der Waals surface area contributed by atoms with Gasteiger partial charge in [-0.2, -0.15) is 0 Å². The molecule has 3 nitrogen and oxygen atoms in total. The second kappa shape index (κ2) is 5.65. The molecule has 7 heavy (non-hydrogen) atoms. The summed E-state index contributed by atoms with van der Waals surface area (Å²) in [4.78, 5) is 0. The minimum atomic E-state index is 1.40. The fourth-order valence-corrected chi connectivity index (χ4v) is 0.256. The van der Waals surface area contributed by atoms with Crippen LogP contribution in [0.2, 0.25) is 0 Å². The zero-order valence-corrected chi connectivity index (χ0v) is 5.53. The molecule has 0 unspecified atom stereocenters. The number of halogens is 1. The number of allylic oxidation sites excluding steroid dienone is 1. The monoisotopic (exact) mass is 210 g/mol. The predicted octanol–water partition coefficient (Wildman–Crippen LogP) is 1.02. The fraction of sp³-hybridized carbons (Fsp3) is 0. The summed E-state index contributed by atoms with van der Waals surface area (Å²) < 4.78 is 3.53. The molecule has 0 aliphatic carbocycles. The molecule has 0 aromatic heterocycles. The van der Waals surface area contributed by atoms with Gasteiger partial charge in [-0.15, -0.1) is 0 Å². The molecule has 0 aromatic carbocycles. The fourth-order valence-electron chi connectivity index (χ4n) is 0.0948. The standard InChI is InChI=1S/C3H3IN2O/c4-5-2-1-3-6-7/h1-2,7H. The summed E-state index contributed by atoms with van der Waals surface area (Å²) in [7, 11) is 0. The molecule has 0 amide bonds. The molecule has 38 valence electrons. The highest BCUT2D eigenvalue weighted by molar-refractivity contribution is 14.1. The number of hydrogen-bond acceptors (Lipinski definition) is 3. The van der Waals surface area contributed by atoms with Crippen molar-refractivity contribution < 1.29 is 5.21 Å². The van der Waals surface area contributed by atoms with Gasteiger partial charge in [0.2, 0.25) is 0 Å². The normalized spacial score (nSPS) is 8.14. The lowest BCUT2D eigenvalue weighted by atomic mass is 10.7. The van der Waals surface area contributed by atoms with E-state index in [1.54, 1.807) is 22.9 Å². The molecular formula is C3H3IN2O. The SMILES string of the molecule is ON=C=CC=NI. The molecule has 0 atom stereocenters. The lowest BCUT2D eigenvalue weighted by molar-refractivity contribution is 0.323. The highest BCUT2D eigenvalue weighted by Gasteiger charge is 1.52. The van der Waals surface area contributed by atoms with Crippen LogP contribution in [0, 0.1) is 0 Å². The molecule has 0 radical (unpaired) electrons. The second-order valence-electron chi connectivity index (χ2n) is 0.642. The van der Waals surface area contributed by atoms with Crippen LogP contribution in [-0.2, 0) is 0 Å². The van der Waals surface area contributed by atoms with E-state index >= 15 is 0 Å². The first kappa shape index (κ1) is 6.65. The van der Waals surface area contributed by atoms with Crippen molar-refractivity contribution in [3.05, 3.63) is 6.08 Å². The van der Waals surface area contributed by atoms with Crippen LogP contribution in [0.15, 0.2) is 14.4 Å². The van der Waals surface area contributed by atoms with E-state index in [9.17, 15) is 0 Å². The van der Waals surface area contributed by atoms with Crippen LogP contribution in [0.25, 0.3) is 0 Å². The zero-order valence-electron chi connectivity index (χ0n) is 3.37. The summed E-state index contributed by atoms with van der Waals surface area (Å²) in [5, 5.41) is 10.3. The van der Waals surface area contributed by atoms with E-state index in [0.29, 0.717) is 0 Å². The van der Waals surface area contributed by atoms with Crippen molar-refractivity contribution in [1.29, 1.82) is 0 Å². The molecule has 0 saturated heterocycles. The molecule has 0 aromatic rings. The maximum absolute atomic E-state index is 7.71. The van der Waals surface area contributed by atoms with Gasteiger partial charge < -0.3 is 5.21 Å². The maximum Gasteiger partial charge on any atom is 0.0831 e. The molecule has 0 rings (SSSR count). The highest BCUT2D eigenvalue weighted by atomic mass is 127. The first-order valence-corrected chi connectivity index (χ1v) is 2.44. The maximum atomic E-state index is 7.71. The summed E-state index contributed by atoms with van der Waals surface area (Å²) in [6.45, 7) is 0. The van der Waals surface area contributed by atoms with Crippen molar-refractivity contribution in [2.45, 2.75) is 0 Å². The van der Waals surface area contributed by atoms with Crippen molar-refractivity contribution in [3.8, 4) is 0 Å². The molecule has 0 aliphatic heterocycles. The first-order valence-electron chi connectivity index (χ1n) is 1.47. The Morgan fingerprint density at radius 1 is 1.71 bits per heavy atom. The minimum Gasteiger partial charge on any atom is -0.404 e. The number of nitrogens with zero attached hydrogens (tertiary/aromatic N) is 2. The predicted molar refractivity (Wildman–Crippen MR) is 36.3 cm³/mol.